The van der Waals surface area contributed by atoms with Crippen LogP contribution in [0.3, 0.4) is 0 Å². The molecule has 0 aliphatic carbocycles. The predicted molar refractivity (Wildman–Crippen MR) is 164 cm³/mol. The Morgan fingerprint density at radius 3 is 2.25 bits per heavy atom. The zero-order valence-corrected chi connectivity index (χ0v) is 26.0. The number of carbonyl (C=O) groups is 2. The number of nitrogens with zero attached hydrogens (tertiary/aromatic N) is 3. The number of unbranched alkanes of at least 4 members (excludes halogenated alkanes) is 9. The van der Waals surface area contributed by atoms with Gasteiger partial charge in [0.25, 0.3) is 0 Å². The predicted octanol–water partition coefficient (Wildman–Crippen LogP) is 1.50. The third-order valence-corrected chi connectivity index (χ3v) is 7.96. The summed E-state index contributed by atoms with van der Waals surface area (Å²) < 4.78 is 5.79. The van der Waals surface area contributed by atoms with Crippen LogP contribution in [0.1, 0.15) is 90.9 Å². The van der Waals surface area contributed by atoms with E-state index in [1.54, 1.807) is 0 Å². The Bertz CT molecular complexity index is 1130. The Hall–Kier alpha value is -2.91. The molecular weight excluding hydrogens is 570 g/mol. The van der Waals surface area contributed by atoms with Gasteiger partial charge in [0.1, 0.15) is 36.3 Å². The molecule has 3 heterocycles. The van der Waals surface area contributed by atoms with Gasteiger partial charge >= 0.3 is 0 Å². The van der Waals surface area contributed by atoms with Crippen LogP contribution in [0.25, 0.3) is 11.2 Å². The van der Waals surface area contributed by atoms with E-state index in [1.165, 1.54) is 57.6 Å². The largest absolute Gasteiger partial charge is 0.394 e. The standard InChI is InChI=1S/C30H51N7O7/c1-19(2)13-11-9-7-5-3-4-6-8-10-12-14-21(40)31-15-22(41)36-23-25(42)26(43)30(44-27(23)20(39)16-38)37-29-24-28(33-17-32-24)34-18-35-29/h17-20,23,25-27,30,38-39,42-43H,3-16H2,1-2H3,(H,31,40)(H,36,41)(H2,32,33,34,35,37)/t20?,23-,25-,26-,27+,30+/m1/s1. The van der Waals surface area contributed by atoms with Crippen LogP contribution < -0.4 is 16.0 Å². The van der Waals surface area contributed by atoms with Gasteiger partial charge in [0.2, 0.25) is 11.8 Å². The second-order valence-electron chi connectivity index (χ2n) is 12.1. The lowest BCUT2D eigenvalue weighted by molar-refractivity contribution is -0.204. The van der Waals surface area contributed by atoms with Crippen molar-refractivity contribution in [3.05, 3.63) is 12.7 Å². The van der Waals surface area contributed by atoms with Gasteiger partial charge in [-0.25, -0.2) is 15.0 Å². The molecular formula is C30H51N7O7. The summed E-state index contributed by atoms with van der Waals surface area (Å²) in [6.45, 7) is 3.47. The fourth-order valence-corrected chi connectivity index (χ4v) is 5.41. The summed E-state index contributed by atoms with van der Waals surface area (Å²) in [7, 11) is 0. The molecule has 1 saturated heterocycles. The number of hydrogen-bond donors (Lipinski definition) is 8. The Morgan fingerprint density at radius 1 is 0.932 bits per heavy atom. The maximum atomic E-state index is 12.6. The third-order valence-electron chi connectivity index (χ3n) is 7.96. The molecule has 1 aliphatic rings. The number of rotatable bonds is 20. The lowest BCUT2D eigenvalue weighted by atomic mass is 9.92. The molecule has 14 heteroatoms. The minimum absolute atomic E-state index is 0.231. The maximum Gasteiger partial charge on any atom is 0.239 e. The molecule has 0 spiro atoms. The Labute approximate surface area is 258 Å². The van der Waals surface area contributed by atoms with Crippen molar-refractivity contribution in [3.8, 4) is 0 Å². The first kappa shape index (κ1) is 35.6. The van der Waals surface area contributed by atoms with E-state index in [4.69, 9.17) is 4.74 Å². The molecule has 0 saturated carbocycles. The number of ether oxygens (including phenoxy) is 1. The van der Waals surface area contributed by atoms with E-state index in [2.05, 4.69) is 49.7 Å². The highest BCUT2D eigenvalue weighted by molar-refractivity contribution is 5.85. The summed E-state index contributed by atoms with van der Waals surface area (Å²) in [6, 6.07) is -1.27. The van der Waals surface area contributed by atoms with Gasteiger partial charge in [0.15, 0.2) is 17.7 Å². The highest BCUT2D eigenvalue weighted by atomic mass is 16.5. The van der Waals surface area contributed by atoms with Crippen LogP contribution in [-0.4, -0.2) is 102 Å². The van der Waals surface area contributed by atoms with Crippen LogP contribution in [0.4, 0.5) is 5.82 Å². The average molecular weight is 622 g/mol. The van der Waals surface area contributed by atoms with E-state index < -0.39 is 49.2 Å². The van der Waals surface area contributed by atoms with Crippen molar-refractivity contribution < 1.29 is 34.8 Å². The second-order valence-corrected chi connectivity index (χ2v) is 12.1. The van der Waals surface area contributed by atoms with Crippen LogP contribution in [-0.2, 0) is 14.3 Å². The first-order chi connectivity index (χ1) is 21.2. The summed E-state index contributed by atoms with van der Waals surface area (Å²) in [5.41, 5.74) is 0.794. The van der Waals surface area contributed by atoms with Crippen LogP contribution in [0, 0.1) is 5.92 Å². The molecule has 1 unspecified atom stereocenters. The zero-order valence-electron chi connectivity index (χ0n) is 26.0. The zero-order chi connectivity index (χ0) is 31.9. The minimum Gasteiger partial charge on any atom is -0.394 e. The molecule has 3 rings (SSSR count). The number of aromatic nitrogens is 4. The monoisotopic (exact) mass is 621 g/mol. The highest BCUT2D eigenvalue weighted by Gasteiger charge is 2.48. The van der Waals surface area contributed by atoms with Crippen LogP contribution >= 0.6 is 0 Å². The third kappa shape index (κ3) is 11.2. The van der Waals surface area contributed by atoms with Crippen molar-refractivity contribution in [1.29, 1.82) is 0 Å². The Kier molecular flexibility index (Phi) is 15.2. The summed E-state index contributed by atoms with van der Waals surface area (Å²) >= 11 is 0. The van der Waals surface area contributed by atoms with Gasteiger partial charge in [-0.3, -0.25) is 9.59 Å². The molecule has 0 radical (unpaired) electrons. The molecule has 2 aromatic heterocycles. The number of hydrogen-bond acceptors (Lipinski definition) is 11. The number of aliphatic hydroxyl groups excluding tert-OH is 4. The van der Waals surface area contributed by atoms with E-state index in [1.807, 2.05) is 0 Å². The second kappa shape index (κ2) is 18.8. The van der Waals surface area contributed by atoms with Crippen molar-refractivity contribution in [2.45, 2.75) is 128 Å². The van der Waals surface area contributed by atoms with Crippen LogP contribution in [0.2, 0.25) is 0 Å². The number of amides is 2. The number of imidazole rings is 1. The first-order valence-electron chi connectivity index (χ1n) is 16.0. The SMILES string of the molecule is CC(C)CCCCCCCCCCCCC(=O)NCC(=O)N[C@@H]1[C@@H](O)[C@@H](O)[C@@H](Nc2ncnc3nc[nH]c23)O[C@H]1C(O)CO. The van der Waals surface area contributed by atoms with E-state index in [9.17, 15) is 30.0 Å². The van der Waals surface area contributed by atoms with E-state index in [0.717, 1.165) is 31.6 Å². The topological polar surface area (TPSA) is 215 Å². The van der Waals surface area contributed by atoms with Gasteiger partial charge in [0, 0.05) is 6.42 Å². The molecule has 8 N–H and O–H groups in total. The molecule has 1 fully saturated rings. The number of anilines is 1. The number of H-pyrrole nitrogens is 1. The number of aliphatic hydroxyl groups is 4. The number of fused-ring (bicyclic) bond motifs is 1. The van der Waals surface area contributed by atoms with Crippen molar-refractivity contribution >= 4 is 28.8 Å². The van der Waals surface area contributed by atoms with Crippen molar-refractivity contribution in [2.75, 3.05) is 18.5 Å². The van der Waals surface area contributed by atoms with E-state index >= 15 is 0 Å². The Balaban J connectivity index is 1.35. The smallest absolute Gasteiger partial charge is 0.239 e. The summed E-state index contributed by atoms with van der Waals surface area (Å²) in [6.07, 6.45) is 8.79. The van der Waals surface area contributed by atoms with E-state index in [-0.39, 0.29) is 18.3 Å². The molecule has 14 nitrogen and oxygen atoms in total. The molecule has 6 atom stereocenters. The summed E-state index contributed by atoms with van der Waals surface area (Å²) in [5, 5.41) is 49.6. The molecule has 44 heavy (non-hydrogen) atoms. The maximum absolute atomic E-state index is 12.6. The minimum atomic E-state index is -1.59. The fourth-order valence-electron chi connectivity index (χ4n) is 5.41. The van der Waals surface area contributed by atoms with Crippen molar-refractivity contribution in [3.63, 3.8) is 0 Å². The summed E-state index contributed by atoms with van der Waals surface area (Å²) in [4.78, 5) is 39.9. The lowest BCUT2D eigenvalue weighted by Gasteiger charge is -2.44. The molecule has 1 aliphatic heterocycles. The summed E-state index contributed by atoms with van der Waals surface area (Å²) in [5.74, 6) is 0.126. The highest BCUT2D eigenvalue weighted by Crippen LogP contribution is 2.26. The quantitative estimate of drug-likeness (QED) is 0.0992. The van der Waals surface area contributed by atoms with E-state index in [0.29, 0.717) is 17.6 Å². The molecule has 2 aromatic rings. The lowest BCUT2D eigenvalue weighted by Crippen LogP contribution is -2.68. The molecule has 0 bridgehead atoms. The van der Waals surface area contributed by atoms with Gasteiger partial charge in [0.05, 0.1) is 25.5 Å². The van der Waals surface area contributed by atoms with Crippen molar-refractivity contribution in [2.24, 2.45) is 5.92 Å². The molecule has 0 aromatic carbocycles. The van der Waals surface area contributed by atoms with Crippen LogP contribution in [0.15, 0.2) is 12.7 Å². The Morgan fingerprint density at radius 2 is 1.59 bits per heavy atom. The van der Waals surface area contributed by atoms with Gasteiger partial charge in [-0.05, 0) is 12.3 Å². The fraction of sp³-hybridized carbons (Fsp3) is 0.767. The number of nitrogens with one attached hydrogen (secondary N) is 4. The van der Waals surface area contributed by atoms with Gasteiger partial charge in [-0.2, -0.15) is 0 Å². The van der Waals surface area contributed by atoms with Crippen molar-refractivity contribution in [1.82, 2.24) is 30.6 Å². The van der Waals surface area contributed by atoms with Gasteiger partial charge < -0.3 is 46.1 Å². The molecule has 248 valence electrons. The number of aromatic amines is 1. The molecule has 2 amide bonds. The van der Waals surface area contributed by atoms with Crippen LogP contribution in [0.5, 0.6) is 0 Å². The number of carbonyl (C=O) groups excluding carboxylic acids is 2. The average Bonchev–Trinajstić information content (AvgIpc) is 3.50. The van der Waals surface area contributed by atoms with Gasteiger partial charge in [-0.1, -0.05) is 78.1 Å². The normalized spacial score (nSPS) is 22.7. The van der Waals surface area contributed by atoms with Gasteiger partial charge in [-0.15, -0.1) is 0 Å². The first-order valence-corrected chi connectivity index (χ1v) is 16.0.